The number of hydrogen-bond donors (Lipinski definition) is 3. The van der Waals surface area contributed by atoms with Crippen molar-refractivity contribution in [2.75, 3.05) is 6.61 Å². The third-order valence-electron chi connectivity index (χ3n) is 6.68. The highest BCUT2D eigenvalue weighted by atomic mass is 19.1. The molecular weight excluding hydrogens is 383 g/mol. The fraction of sp³-hybridized carbons (Fsp3) is 0.440. The fourth-order valence-corrected chi connectivity index (χ4v) is 5.03. The van der Waals surface area contributed by atoms with Crippen molar-refractivity contribution in [3.05, 3.63) is 82.2 Å². The third kappa shape index (κ3) is 3.71. The van der Waals surface area contributed by atoms with Crippen molar-refractivity contribution in [1.29, 1.82) is 0 Å². The monoisotopic (exact) mass is 412 g/mol. The van der Waals surface area contributed by atoms with E-state index in [1.807, 2.05) is 12.1 Å². The van der Waals surface area contributed by atoms with E-state index in [-0.39, 0.29) is 12.4 Å². The molecule has 0 aromatic heterocycles. The van der Waals surface area contributed by atoms with Crippen molar-refractivity contribution in [2.24, 2.45) is 5.92 Å². The van der Waals surface area contributed by atoms with Gasteiger partial charge in [0, 0.05) is 5.92 Å². The number of benzene rings is 2. The minimum atomic E-state index is -1.16. The van der Waals surface area contributed by atoms with Crippen molar-refractivity contribution in [2.45, 2.75) is 57.0 Å². The van der Waals surface area contributed by atoms with E-state index in [0.29, 0.717) is 6.42 Å². The summed E-state index contributed by atoms with van der Waals surface area (Å²) < 4.78 is 19.4. The first-order valence-corrected chi connectivity index (χ1v) is 10.6. The van der Waals surface area contributed by atoms with Crippen LogP contribution in [0.25, 0.3) is 0 Å². The summed E-state index contributed by atoms with van der Waals surface area (Å²) >= 11 is 0. The van der Waals surface area contributed by atoms with Crippen LogP contribution in [0, 0.1) is 18.7 Å². The van der Waals surface area contributed by atoms with E-state index in [4.69, 9.17) is 4.74 Å². The van der Waals surface area contributed by atoms with Crippen LogP contribution in [0.4, 0.5) is 4.39 Å². The Bertz CT molecular complexity index is 924. The average molecular weight is 413 g/mol. The van der Waals surface area contributed by atoms with Crippen LogP contribution < -0.4 is 0 Å². The maximum Gasteiger partial charge on any atom is 0.123 e. The molecule has 1 fully saturated rings. The van der Waals surface area contributed by atoms with Gasteiger partial charge in [0.05, 0.1) is 18.8 Å². The van der Waals surface area contributed by atoms with E-state index in [0.717, 1.165) is 36.0 Å². The quantitative estimate of drug-likeness (QED) is 0.660. The summed E-state index contributed by atoms with van der Waals surface area (Å²) in [6.07, 6.45) is 1.83. The second-order valence-corrected chi connectivity index (χ2v) is 8.44. The molecule has 2 aromatic carbocycles. The molecule has 1 aliphatic carbocycles. The highest BCUT2D eigenvalue weighted by Crippen LogP contribution is 2.42. The number of ether oxygens (including phenoxy) is 1. The average Bonchev–Trinajstić information content (AvgIpc) is 3.24. The first-order chi connectivity index (χ1) is 14.4. The molecule has 30 heavy (non-hydrogen) atoms. The molecule has 1 heterocycles. The Balaban J connectivity index is 1.77. The number of aliphatic hydroxyl groups excluding tert-OH is 3. The van der Waals surface area contributed by atoms with Crippen molar-refractivity contribution >= 4 is 0 Å². The van der Waals surface area contributed by atoms with E-state index in [1.54, 1.807) is 6.08 Å². The molecule has 1 saturated heterocycles. The minimum Gasteiger partial charge on any atom is -0.394 e. The molecule has 0 saturated carbocycles. The Morgan fingerprint density at radius 2 is 1.83 bits per heavy atom. The summed E-state index contributed by atoms with van der Waals surface area (Å²) in [6.45, 7) is 5.56. The zero-order valence-corrected chi connectivity index (χ0v) is 17.2. The SMILES string of the molecule is C=CC1[C@@H](O)[C@@H](O)[C@@H](CO)O[C@H]1c1cc(Cc2ccc(F)cc2)c2c(c1C)CCC2. The molecule has 2 aromatic rings. The lowest BCUT2D eigenvalue weighted by Crippen LogP contribution is -2.52. The summed E-state index contributed by atoms with van der Waals surface area (Å²) in [5.41, 5.74) is 6.99. The van der Waals surface area contributed by atoms with Crippen molar-refractivity contribution in [3.8, 4) is 0 Å². The number of halogens is 1. The number of hydrogen-bond acceptors (Lipinski definition) is 4. The molecule has 0 amide bonds. The normalized spacial score (nSPS) is 28.4. The van der Waals surface area contributed by atoms with Gasteiger partial charge in [-0.1, -0.05) is 24.3 Å². The summed E-state index contributed by atoms with van der Waals surface area (Å²) in [7, 11) is 0. The second kappa shape index (κ2) is 8.60. The number of fused-ring (bicyclic) bond motifs is 1. The Morgan fingerprint density at radius 3 is 2.50 bits per heavy atom. The summed E-state index contributed by atoms with van der Waals surface area (Å²) in [5, 5.41) is 30.6. The lowest BCUT2D eigenvalue weighted by molar-refractivity contribution is -0.201. The third-order valence-corrected chi connectivity index (χ3v) is 6.68. The zero-order chi connectivity index (χ0) is 21.4. The molecule has 5 heteroatoms. The maximum atomic E-state index is 13.3. The van der Waals surface area contributed by atoms with Crippen molar-refractivity contribution in [3.63, 3.8) is 0 Å². The van der Waals surface area contributed by atoms with Crippen LogP contribution in [0.1, 0.15) is 45.9 Å². The predicted octanol–water partition coefficient (Wildman–Crippen LogP) is 3.17. The van der Waals surface area contributed by atoms with E-state index >= 15 is 0 Å². The predicted molar refractivity (Wildman–Crippen MR) is 113 cm³/mol. The molecule has 4 nitrogen and oxygen atoms in total. The summed E-state index contributed by atoms with van der Waals surface area (Å²) in [6, 6.07) is 8.70. The van der Waals surface area contributed by atoms with Crippen molar-refractivity contribution < 1.29 is 24.4 Å². The molecule has 0 bridgehead atoms. The zero-order valence-electron chi connectivity index (χ0n) is 17.2. The standard InChI is InChI=1S/C25H29FO4/c1-3-18-23(28)24(29)22(13-27)30-25(18)21-12-16(11-15-7-9-17(26)10-8-15)20-6-4-5-19(20)14(21)2/h3,7-10,12,18,22-25,27-29H,1,4-6,11,13H2,2H3/t18?,22-,23-,24+,25-/m1/s1. The molecular formula is C25H29FO4. The molecule has 1 unspecified atom stereocenters. The summed E-state index contributed by atoms with van der Waals surface area (Å²) in [4.78, 5) is 0. The summed E-state index contributed by atoms with van der Waals surface area (Å²) in [5.74, 6) is -0.736. The van der Waals surface area contributed by atoms with Crippen LogP contribution in [0.15, 0.2) is 43.0 Å². The Morgan fingerprint density at radius 1 is 1.13 bits per heavy atom. The van der Waals surface area contributed by atoms with E-state index in [2.05, 4.69) is 19.6 Å². The first-order valence-electron chi connectivity index (χ1n) is 10.6. The van der Waals surface area contributed by atoms with Gasteiger partial charge in [0.15, 0.2) is 0 Å². The van der Waals surface area contributed by atoms with Crippen LogP contribution in [-0.2, 0) is 24.0 Å². The minimum absolute atomic E-state index is 0.249. The molecule has 3 N–H and O–H groups in total. The van der Waals surface area contributed by atoms with Crippen LogP contribution in [0.3, 0.4) is 0 Å². The molecule has 2 aliphatic rings. The van der Waals surface area contributed by atoms with E-state index in [1.165, 1.54) is 28.8 Å². The number of aliphatic hydroxyl groups is 3. The largest absolute Gasteiger partial charge is 0.394 e. The van der Waals surface area contributed by atoms with Gasteiger partial charge < -0.3 is 20.1 Å². The van der Waals surface area contributed by atoms with Gasteiger partial charge in [-0.25, -0.2) is 4.39 Å². The molecule has 5 atom stereocenters. The fourth-order valence-electron chi connectivity index (χ4n) is 5.03. The van der Waals surface area contributed by atoms with Gasteiger partial charge in [-0.3, -0.25) is 0 Å². The molecule has 0 spiro atoms. The van der Waals surface area contributed by atoms with Crippen molar-refractivity contribution in [1.82, 2.24) is 0 Å². The van der Waals surface area contributed by atoms with Crippen LogP contribution in [-0.4, -0.2) is 40.2 Å². The van der Waals surface area contributed by atoms with Gasteiger partial charge in [-0.05, 0) is 78.1 Å². The second-order valence-electron chi connectivity index (χ2n) is 8.44. The smallest absolute Gasteiger partial charge is 0.123 e. The highest BCUT2D eigenvalue weighted by molar-refractivity contribution is 5.50. The Labute approximate surface area is 176 Å². The number of rotatable bonds is 5. The first kappa shape index (κ1) is 21.2. The lowest BCUT2D eigenvalue weighted by Gasteiger charge is -2.42. The van der Waals surface area contributed by atoms with Crippen LogP contribution >= 0.6 is 0 Å². The Hall–Kier alpha value is -2.05. The van der Waals surface area contributed by atoms with Gasteiger partial charge in [0.2, 0.25) is 0 Å². The topological polar surface area (TPSA) is 69.9 Å². The lowest BCUT2D eigenvalue weighted by atomic mass is 9.80. The molecule has 0 radical (unpaired) electrons. The van der Waals surface area contributed by atoms with Gasteiger partial charge >= 0.3 is 0 Å². The van der Waals surface area contributed by atoms with Gasteiger partial charge in [0.1, 0.15) is 18.0 Å². The maximum absolute atomic E-state index is 13.3. The molecule has 4 rings (SSSR count). The van der Waals surface area contributed by atoms with Gasteiger partial charge in [0.25, 0.3) is 0 Å². The molecule has 160 valence electrons. The van der Waals surface area contributed by atoms with Gasteiger partial charge in [-0.2, -0.15) is 0 Å². The molecule has 1 aliphatic heterocycles. The Kier molecular flexibility index (Phi) is 6.07. The van der Waals surface area contributed by atoms with E-state index in [9.17, 15) is 19.7 Å². The highest BCUT2D eigenvalue weighted by Gasteiger charge is 2.44. The van der Waals surface area contributed by atoms with Crippen LogP contribution in [0.2, 0.25) is 0 Å². The van der Waals surface area contributed by atoms with E-state index < -0.39 is 30.3 Å². The van der Waals surface area contributed by atoms with Gasteiger partial charge in [-0.15, -0.1) is 6.58 Å². The van der Waals surface area contributed by atoms with Crippen LogP contribution in [0.5, 0.6) is 0 Å².